The Kier molecular flexibility index (Phi) is 5.39. The van der Waals surface area contributed by atoms with Crippen LogP contribution < -0.4 is 14.8 Å². The van der Waals surface area contributed by atoms with Crippen LogP contribution >= 0.6 is 11.3 Å². The van der Waals surface area contributed by atoms with Crippen molar-refractivity contribution in [1.82, 2.24) is 4.98 Å². The molecule has 0 spiro atoms. The molecular weight excluding hydrogens is 426 g/mol. The number of benzene rings is 2. The molecule has 4 rings (SSSR count). The minimum Gasteiger partial charge on any atom is -0.497 e. The summed E-state index contributed by atoms with van der Waals surface area (Å²) in [4.78, 5) is 19.8. The highest BCUT2D eigenvalue weighted by Crippen LogP contribution is 2.40. The number of rotatable bonds is 5. The van der Waals surface area contributed by atoms with E-state index in [-0.39, 0.29) is 0 Å². The van der Waals surface area contributed by atoms with Gasteiger partial charge in [-0.2, -0.15) is 13.6 Å². The van der Waals surface area contributed by atoms with E-state index in [0.717, 1.165) is 15.3 Å². The maximum atomic E-state index is 13.0. The Labute approximate surface area is 178 Å². The zero-order valence-corrected chi connectivity index (χ0v) is 17.9. The monoisotopic (exact) mass is 447 g/mol. The van der Waals surface area contributed by atoms with E-state index in [1.165, 1.54) is 7.11 Å². The molecule has 3 aromatic rings. The van der Waals surface area contributed by atoms with Gasteiger partial charge < -0.3 is 13.8 Å². The molecule has 0 amide bonds. The Morgan fingerprint density at radius 1 is 1.17 bits per heavy atom. The molecular formula is C20H21N3O5S2. The number of para-hydroxylation sites is 1. The molecule has 2 N–H and O–H groups in total. The highest BCUT2D eigenvalue weighted by Gasteiger charge is 2.46. The Balaban J connectivity index is 1.65. The maximum absolute atomic E-state index is 13.0. The van der Waals surface area contributed by atoms with Crippen molar-refractivity contribution in [2.24, 2.45) is 5.14 Å². The first kappa shape index (κ1) is 20.6. The highest BCUT2D eigenvalue weighted by atomic mass is 32.2. The topological polar surface area (TPSA) is 112 Å². The number of hydrogen-bond acceptors (Lipinski definition) is 8. The van der Waals surface area contributed by atoms with Crippen molar-refractivity contribution in [1.29, 1.82) is 0 Å². The number of nitrogens with zero attached hydrogens (tertiary/aromatic N) is 2. The first-order chi connectivity index (χ1) is 14.3. The molecule has 2 aromatic carbocycles. The SMILES string of the molecule is COc1cccc(C2(C(=O)OS(N)(=O)=O)CCN(c3nc4ccccc4s3)CC2)c1. The molecule has 10 heteroatoms. The number of anilines is 1. The molecule has 2 heterocycles. The zero-order chi connectivity index (χ0) is 21.4. The fourth-order valence-corrected chi connectivity index (χ4v) is 5.18. The second-order valence-electron chi connectivity index (χ2n) is 7.13. The lowest BCUT2D eigenvalue weighted by atomic mass is 9.73. The molecule has 0 aliphatic carbocycles. The largest absolute Gasteiger partial charge is 0.497 e. The standard InChI is InChI=1S/C20H21N3O5S2/c1-27-15-6-4-5-14(13-15)20(18(24)28-30(21,25)26)9-11-23(12-10-20)19-22-16-7-2-3-8-17(16)29-19/h2-8,13H,9-12H2,1H3,(H2,21,25,26). The lowest BCUT2D eigenvalue weighted by Gasteiger charge is -2.39. The lowest BCUT2D eigenvalue weighted by molar-refractivity contribution is -0.141. The van der Waals surface area contributed by atoms with Gasteiger partial charge in [-0.15, -0.1) is 0 Å². The first-order valence-corrected chi connectivity index (χ1v) is 11.6. The van der Waals surface area contributed by atoms with Crippen molar-refractivity contribution < 1.29 is 22.1 Å². The highest BCUT2D eigenvalue weighted by molar-refractivity contribution is 7.84. The van der Waals surface area contributed by atoms with Gasteiger partial charge in [-0.05, 0) is 42.7 Å². The van der Waals surface area contributed by atoms with Crippen molar-refractivity contribution in [2.75, 3.05) is 25.1 Å². The Hall–Kier alpha value is -2.69. The minimum absolute atomic E-state index is 0.352. The van der Waals surface area contributed by atoms with E-state index in [2.05, 4.69) is 14.1 Å². The van der Waals surface area contributed by atoms with Crippen LogP contribution in [-0.2, 0) is 24.7 Å². The van der Waals surface area contributed by atoms with E-state index in [0.29, 0.717) is 37.2 Å². The van der Waals surface area contributed by atoms with Crippen LogP contribution in [-0.4, -0.2) is 39.6 Å². The van der Waals surface area contributed by atoms with Crippen molar-refractivity contribution in [3.63, 3.8) is 0 Å². The van der Waals surface area contributed by atoms with Gasteiger partial charge in [0.25, 0.3) is 0 Å². The van der Waals surface area contributed by atoms with E-state index >= 15 is 0 Å². The van der Waals surface area contributed by atoms with Gasteiger partial charge in [0, 0.05) is 13.1 Å². The summed E-state index contributed by atoms with van der Waals surface area (Å²) in [6, 6.07) is 14.9. The Morgan fingerprint density at radius 2 is 1.90 bits per heavy atom. The average Bonchev–Trinajstić information content (AvgIpc) is 3.17. The van der Waals surface area contributed by atoms with Crippen LogP contribution in [0.25, 0.3) is 10.2 Å². The third-order valence-corrected chi connectivity index (χ3v) is 6.86. The summed E-state index contributed by atoms with van der Waals surface area (Å²) in [5, 5.41) is 5.85. The number of ether oxygens (including phenoxy) is 1. The van der Waals surface area contributed by atoms with E-state index < -0.39 is 21.7 Å². The van der Waals surface area contributed by atoms with Crippen LogP contribution in [0.2, 0.25) is 0 Å². The Morgan fingerprint density at radius 3 is 2.57 bits per heavy atom. The molecule has 1 fully saturated rings. The Bertz CT molecular complexity index is 1150. The van der Waals surface area contributed by atoms with Crippen molar-refractivity contribution in [2.45, 2.75) is 18.3 Å². The predicted molar refractivity (Wildman–Crippen MR) is 115 cm³/mol. The van der Waals surface area contributed by atoms with E-state index in [4.69, 9.17) is 9.88 Å². The number of thiazole rings is 1. The normalized spacial score (nSPS) is 16.4. The van der Waals surface area contributed by atoms with Crippen LogP contribution in [0.15, 0.2) is 48.5 Å². The molecule has 0 unspecified atom stereocenters. The number of methoxy groups -OCH3 is 1. The molecule has 1 aliphatic heterocycles. The summed E-state index contributed by atoms with van der Waals surface area (Å²) in [6.45, 7) is 1.02. The summed E-state index contributed by atoms with van der Waals surface area (Å²) < 4.78 is 33.9. The van der Waals surface area contributed by atoms with Gasteiger partial charge in [-0.25, -0.2) is 9.78 Å². The number of piperidine rings is 1. The fraction of sp³-hybridized carbons (Fsp3) is 0.300. The van der Waals surface area contributed by atoms with Crippen LogP contribution in [0.1, 0.15) is 18.4 Å². The lowest BCUT2D eigenvalue weighted by Crippen LogP contribution is -2.49. The van der Waals surface area contributed by atoms with Crippen LogP contribution in [0.3, 0.4) is 0 Å². The third-order valence-electron chi connectivity index (χ3n) is 5.38. The van der Waals surface area contributed by atoms with Crippen LogP contribution in [0.4, 0.5) is 5.13 Å². The number of carbonyl (C=O) groups is 1. The van der Waals surface area contributed by atoms with E-state index in [9.17, 15) is 13.2 Å². The summed E-state index contributed by atoms with van der Waals surface area (Å²) in [5.41, 5.74) is 0.420. The molecule has 1 aromatic heterocycles. The summed E-state index contributed by atoms with van der Waals surface area (Å²) in [5.74, 6) is -0.300. The average molecular weight is 448 g/mol. The fourth-order valence-electron chi connectivity index (χ4n) is 3.79. The molecule has 30 heavy (non-hydrogen) atoms. The van der Waals surface area contributed by atoms with Crippen LogP contribution in [0, 0.1) is 0 Å². The van der Waals surface area contributed by atoms with Gasteiger partial charge in [0.15, 0.2) is 5.13 Å². The number of aromatic nitrogens is 1. The zero-order valence-electron chi connectivity index (χ0n) is 16.3. The molecule has 0 atom stereocenters. The molecule has 0 saturated carbocycles. The van der Waals surface area contributed by atoms with Gasteiger partial charge in [0.05, 0.1) is 22.7 Å². The minimum atomic E-state index is -4.42. The molecule has 158 valence electrons. The van der Waals surface area contributed by atoms with Gasteiger partial charge in [-0.3, -0.25) is 0 Å². The smallest absolute Gasteiger partial charge is 0.382 e. The molecule has 1 aliphatic rings. The second-order valence-corrected chi connectivity index (χ2v) is 9.29. The maximum Gasteiger partial charge on any atom is 0.382 e. The molecule has 1 saturated heterocycles. The van der Waals surface area contributed by atoms with Crippen molar-refractivity contribution >= 4 is 43.0 Å². The van der Waals surface area contributed by atoms with Crippen molar-refractivity contribution in [3.8, 4) is 5.75 Å². The summed E-state index contributed by atoms with van der Waals surface area (Å²) >= 11 is 1.59. The van der Waals surface area contributed by atoms with Gasteiger partial charge >= 0.3 is 16.3 Å². The molecule has 8 nitrogen and oxygen atoms in total. The van der Waals surface area contributed by atoms with Gasteiger partial charge in [0.1, 0.15) is 5.75 Å². The number of fused-ring (bicyclic) bond motifs is 1. The number of carbonyl (C=O) groups excluding carboxylic acids is 1. The number of hydrogen-bond donors (Lipinski definition) is 1. The third kappa shape index (κ3) is 3.98. The van der Waals surface area contributed by atoms with Crippen LogP contribution in [0.5, 0.6) is 5.75 Å². The van der Waals surface area contributed by atoms with Gasteiger partial charge in [0.2, 0.25) is 0 Å². The summed E-state index contributed by atoms with van der Waals surface area (Å²) in [7, 11) is -2.89. The number of nitrogens with two attached hydrogens (primary N) is 1. The van der Waals surface area contributed by atoms with E-state index in [1.54, 1.807) is 35.6 Å². The van der Waals surface area contributed by atoms with Crippen molar-refractivity contribution in [3.05, 3.63) is 54.1 Å². The second kappa shape index (κ2) is 7.86. The quantitative estimate of drug-likeness (QED) is 0.640. The van der Waals surface area contributed by atoms with E-state index in [1.807, 2.05) is 24.3 Å². The summed E-state index contributed by atoms with van der Waals surface area (Å²) in [6.07, 6.45) is 0.703. The van der Waals surface area contributed by atoms with Gasteiger partial charge in [-0.1, -0.05) is 35.6 Å². The molecule has 0 radical (unpaired) electrons. The molecule has 0 bridgehead atoms. The predicted octanol–water partition coefficient (Wildman–Crippen LogP) is 2.59. The first-order valence-electron chi connectivity index (χ1n) is 9.32.